The van der Waals surface area contributed by atoms with Crippen molar-refractivity contribution >= 4 is 11.4 Å². The van der Waals surface area contributed by atoms with Gasteiger partial charge in [-0.1, -0.05) is 98.8 Å². The topological polar surface area (TPSA) is 101 Å². The molecule has 57 heavy (non-hydrogen) atoms. The Morgan fingerprint density at radius 2 is 1.37 bits per heavy atom. The van der Waals surface area contributed by atoms with Gasteiger partial charge in [0.25, 0.3) is 0 Å². The van der Waals surface area contributed by atoms with Crippen molar-refractivity contribution in [3.8, 4) is 0 Å². The minimum absolute atomic E-state index is 0.0322. The van der Waals surface area contributed by atoms with Gasteiger partial charge in [0, 0.05) is 58.3 Å². The van der Waals surface area contributed by atoms with Gasteiger partial charge in [0.1, 0.15) is 5.69 Å². The third-order valence-electron chi connectivity index (χ3n) is 12.5. The Labute approximate surface area is 339 Å². The molecular weight excluding hydrogens is 711 g/mol. The average molecular weight is 774 g/mol. The second-order valence-corrected chi connectivity index (χ2v) is 18.4. The number of hydrogen-bond donors (Lipinski definition) is 1. The summed E-state index contributed by atoms with van der Waals surface area (Å²) < 4.78 is 9.99. The first-order chi connectivity index (χ1) is 27.1. The molecule has 1 unspecified atom stereocenters. The highest BCUT2D eigenvalue weighted by molar-refractivity contribution is 5.70. The number of anilines is 2. The number of hydroxylamine groups is 2. The van der Waals surface area contributed by atoms with Crippen LogP contribution in [0.15, 0.2) is 97.0 Å². The van der Waals surface area contributed by atoms with Gasteiger partial charge in [-0.05, 0) is 89.6 Å². The number of benzene rings is 2. The summed E-state index contributed by atoms with van der Waals surface area (Å²) in [6.45, 7) is 23.4. The molecule has 11 nitrogen and oxygen atoms in total. The van der Waals surface area contributed by atoms with Crippen molar-refractivity contribution in [2.45, 2.75) is 142 Å². The van der Waals surface area contributed by atoms with Crippen LogP contribution in [0.1, 0.15) is 104 Å². The minimum atomic E-state index is -0.355. The molecular formula is C46H63N9O2. The summed E-state index contributed by atoms with van der Waals surface area (Å²) in [7, 11) is 0. The zero-order valence-electron chi connectivity index (χ0n) is 35.6. The number of aromatic nitrogens is 6. The Kier molecular flexibility index (Phi) is 11.4. The van der Waals surface area contributed by atoms with Crippen LogP contribution in [0.4, 0.5) is 11.4 Å². The molecule has 1 saturated heterocycles. The normalized spacial score (nSPS) is 22.0. The van der Waals surface area contributed by atoms with Gasteiger partial charge in [-0.25, -0.2) is 0 Å². The first-order valence-electron chi connectivity index (χ1n) is 20.8. The molecule has 11 heteroatoms. The number of likely N-dealkylation sites (N-methyl/N-ethyl adjacent to an activating group) is 1. The molecule has 4 aromatic rings. The summed E-state index contributed by atoms with van der Waals surface area (Å²) in [5.41, 5.74) is 7.76. The molecule has 7 rings (SSSR count). The Morgan fingerprint density at radius 3 is 2.05 bits per heavy atom. The number of fused-ring (bicyclic) bond motifs is 2. The van der Waals surface area contributed by atoms with E-state index in [4.69, 9.17) is 4.74 Å². The molecule has 0 bridgehead atoms. The zero-order valence-corrected chi connectivity index (χ0v) is 35.6. The fourth-order valence-corrected chi connectivity index (χ4v) is 9.65. The lowest BCUT2D eigenvalue weighted by molar-refractivity contribution is -0.262. The van der Waals surface area contributed by atoms with Gasteiger partial charge < -0.3 is 19.7 Å². The standard InChI is InChI=1S/C46H63N9O2/c1-10-53-39-22-16-14-20-37(39)45(6,7)41(53)24-12-11-13-25-42-46(8,9)38-21-15-17-23-40(38)54(42)26-18-19-34-31-51(49-47-34)27-28-52-32-35(48-50-52)33-57-36-29-43(2,3)55(56)44(4,5)30-36/h11-17,20-25,31-32,36,42,56H,10,18-19,26-30,33H2,1-9H3/b12-11+,25-13+,41-24-. The number of rotatable bonds is 14. The third-order valence-corrected chi connectivity index (χ3v) is 12.5. The minimum Gasteiger partial charge on any atom is -0.372 e. The smallest absolute Gasteiger partial charge is 0.108 e. The van der Waals surface area contributed by atoms with E-state index >= 15 is 0 Å². The molecule has 1 fully saturated rings. The molecule has 0 aliphatic carbocycles. The van der Waals surface area contributed by atoms with Crippen LogP contribution in [0.3, 0.4) is 0 Å². The van der Waals surface area contributed by atoms with Crippen LogP contribution in [-0.2, 0) is 41.7 Å². The fraction of sp³-hybridized carbons (Fsp3) is 0.522. The van der Waals surface area contributed by atoms with Crippen LogP contribution in [-0.4, -0.2) is 76.6 Å². The summed E-state index contributed by atoms with van der Waals surface area (Å²) in [5.74, 6) is 0. The van der Waals surface area contributed by atoms with Gasteiger partial charge in [0.15, 0.2) is 0 Å². The largest absolute Gasteiger partial charge is 0.372 e. The van der Waals surface area contributed by atoms with E-state index in [1.54, 1.807) is 0 Å². The van der Waals surface area contributed by atoms with Gasteiger partial charge >= 0.3 is 0 Å². The molecule has 0 saturated carbocycles. The Balaban J connectivity index is 0.925. The van der Waals surface area contributed by atoms with Crippen molar-refractivity contribution in [2.75, 3.05) is 22.9 Å². The fourth-order valence-electron chi connectivity index (χ4n) is 9.65. The van der Waals surface area contributed by atoms with Crippen LogP contribution >= 0.6 is 0 Å². The summed E-state index contributed by atoms with van der Waals surface area (Å²) in [4.78, 5) is 5.01. The molecule has 3 aliphatic rings. The van der Waals surface area contributed by atoms with Gasteiger partial charge in [-0.15, -0.1) is 10.2 Å². The Bertz CT molecular complexity index is 2090. The zero-order chi connectivity index (χ0) is 40.6. The van der Waals surface area contributed by atoms with Crippen molar-refractivity contribution in [3.63, 3.8) is 0 Å². The van der Waals surface area contributed by atoms with Gasteiger partial charge in [-0.2, -0.15) is 5.06 Å². The first-order valence-corrected chi connectivity index (χ1v) is 20.8. The monoisotopic (exact) mass is 774 g/mol. The van der Waals surface area contributed by atoms with Gasteiger partial charge in [-0.3, -0.25) is 9.36 Å². The molecule has 0 spiro atoms. The number of hydrogen-bond acceptors (Lipinski definition) is 9. The van der Waals surface area contributed by atoms with E-state index in [2.05, 4.69) is 150 Å². The molecule has 2 aromatic heterocycles. The highest BCUT2D eigenvalue weighted by atomic mass is 16.5. The van der Waals surface area contributed by atoms with Crippen molar-refractivity contribution in [1.29, 1.82) is 0 Å². The molecule has 0 amide bonds. The maximum Gasteiger partial charge on any atom is 0.108 e. The SMILES string of the molecule is CCN1\C(=C/C=C/C=C/C2N(CCCc3cn(CCn4cc(COC5CC(C)(C)N(O)C(C)(C)C5)nn4)nn3)c3ccccc3C2(C)C)C(C)(C)c2ccccc21. The summed E-state index contributed by atoms with van der Waals surface area (Å²) in [5, 5.41) is 29.7. The van der Waals surface area contributed by atoms with Crippen LogP contribution in [0.25, 0.3) is 0 Å². The van der Waals surface area contributed by atoms with E-state index in [9.17, 15) is 5.21 Å². The van der Waals surface area contributed by atoms with Crippen LogP contribution < -0.4 is 9.80 Å². The number of ether oxygens (including phenoxy) is 1. The number of para-hydroxylation sites is 2. The Hall–Kier alpha value is -4.58. The Morgan fingerprint density at radius 1 is 0.754 bits per heavy atom. The lowest BCUT2D eigenvalue weighted by Crippen LogP contribution is -2.60. The van der Waals surface area contributed by atoms with Gasteiger partial charge in [0.2, 0.25) is 0 Å². The van der Waals surface area contributed by atoms with Crippen LogP contribution in [0.2, 0.25) is 0 Å². The van der Waals surface area contributed by atoms with E-state index in [1.165, 1.54) is 33.3 Å². The van der Waals surface area contributed by atoms with E-state index < -0.39 is 0 Å². The van der Waals surface area contributed by atoms with E-state index in [0.717, 1.165) is 50.2 Å². The lowest BCUT2D eigenvalue weighted by Gasteiger charge is -2.51. The van der Waals surface area contributed by atoms with Crippen molar-refractivity contribution in [2.24, 2.45) is 0 Å². The highest BCUT2D eigenvalue weighted by Crippen LogP contribution is 2.48. The maximum atomic E-state index is 10.6. The summed E-state index contributed by atoms with van der Waals surface area (Å²) in [6, 6.07) is 17.9. The second-order valence-electron chi connectivity index (χ2n) is 18.4. The van der Waals surface area contributed by atoms with Gasteiger partial charge in [0.05, 0.1) is 43.7 Å². The predicted molar refractivity (Wildman–Crippen MR) is 227 cm³/mol. The molecule has 0 radical (unpaired) electrons. The molecule has 1 atom stereocenters. The molecule has 1 N–H and O–H groups in total. The molecule has 2 aromatic carbocycles. The second kappa shape index (κ2) is 16.0. The lowest BCUT2D eigenvalue weighted by atomic mass is 9.80. The van der Waals surface area contributed by atoms with Crippen molar-refractivity contribution in [1.82, 2.24) is 35.1 Å². The average Bonchev–Trinajstić information content (AvgIpc) is 3.92. The maximum absolute atomic E-state index is 10.6. The predicted octanol–water partition coefficient (Wildman–Crippen LogP) is 8.41. The molecule has 5 heterocycles. The quantitative estimate of drug-likeness (QED) is 0.127. The van der Waals surface area contributed by atoms with Crippen molar-refractivity contribution in [3.05, 3.63) is 120 Å². The summed E-state index contributed by atoms with van der Waals surface area (Å²) in [6.07, 6.45) is 18.6. The van der Waals surface area contributed by atoms with E-state index in [0.29, 0.717) is 19.7 Å². The van der Waals surface area contributed by atoms with E-state index in [-0.39, 0.29) is 34.1 Å². The number of piperidine rings is 1. The first kappa shape index (κ1) is 40.6. The highest BCUT2D eigenvalue weighted by Gasteiger charge is 2.46. The summed E-state index contributed by atoms with van der Waals surface area (Å²) >= 11 is 0. The number of nitrogens with zero attached hydrogens (tertiary/aromatic N) is 9. The van der Waals surface area contributed by atoms with E-state index in [1.807, 2.05) is 43.3 Å². The molecule has 3 aliphatic heterocycles. The number of aryl methyl sites for hydroxylation is 3. The van der Waals surface area contributed by atoms with Crippen molar-refractivity contribution < 1.29 is 9.94 Å². The van der Waals surface area contributed by atoms with Crippen LogP contribution in [0.5, 0.6) is 0 Å². The third kappa shape index (κ3) is 8.24. The number of allylic oxidation sites excluding steroid dienone is 5. The van der Waals surface area contributed by atoms with Crippen LogP contribution in [0, 0.1) is 0 Å². The molecule has 304 valence electrons.